The lowest BCUT2D eigenvalue weighted by Crippen LogP contribution is -2.46. The Hall–Kier alpha value is -2.84. The van der Waals surface area contributed by atoms with Crippen LogP contribution in [0.2, 0.25) is 19.1 Å². The fraction of sp³-hybridized carbons (Fsp3) is 0.481. The number of ether oxygens (including phenoxy) is 1. The standard InChI is InChI=1S/C27H34N4O3Si/c1-18-28-26-23-12-13-24(29-27(23)35(2,3)15-14-34-17-31(18)30-26)22-10-8-21(9-11-22)20-6-4-19(5-7-20)16-25(32)33/h8-13,19-20H,4-7,14-17H2,1-3H3,(H,32,33). The van der Waals surface area contributed by atoms with E-state index in [1.165, 1.54) is 5.56 Å². The summed E-state index contributed by atoms with van der Waals surface area (Å²) in [4.78, 5) is 20.9. The molecule has 0 radical (unpaired) electrons. The zero-order chi connectivity index (χ0) is 24.6. The zero-order valence-electron chi connectivity index (χ0n) is 20.8. The molecular weight excluding hydrogens is 456 g/mol. The maximum absolute atomic E-state index is 11.0. The Balaban J connectivity index is 1.41. The van der Waals surface area contributed by atoms with Crippen molar-refractivity contribution in [2.45, 2.75) is 70.8 Å². The van der Waals surface area contributed by atoms with E-state index in [-0.39, 0.29) is 0 Å². The molecule has 1 aromatic carbocycles. The SMILES string of the molecule is Cc1nc2nn1COCC[Si](C)(C)c1nc(-c3ccc(C4CCC(CC(=O)O)CC4)cc3)ccc1-2. The summed E-state index contributed by atoms with van der Waals surface area (Å²) in [7, 11) is -1.88. The van der Waals surface area contributed by atoms with Crippen molar-refractivity contribution in [2.24, 2.45) is 5.92 Å². The van der Waals surface area contributed by atoms with Gasteiger partial charge in [0.1, 0.15) is 20.6 Å². The maximum atomic E-state index is 11.0. The number of hydrogen-bond donors (Lipinski definition) is 1. The van der Waals surface area contributed by atoms with Gasteiger partial charge in [-0.1, -0.05) is 37.4 Å². The minimum absolute atomic E-state index is 0.302. The van der Waals surface area contributed by atoms with Gasteiger partial charge in [-0.25, -0.2) is 9.67 Å². The lowest BCUT2D eigenvalue weighted by atomic mass is 9.77. The number of benzene rings is 1. The molecule has 2 bridgehead atoms. The monoisotopic (exact) mass is 490 g/mol. The van der Waals surface area contributed by atoms with Gasteiger partial charge in [0.15, 0.2) is 5.82 Å². The third-order valence-electron chi connectivity index (χ3n) is 7.71. The number of fused-ring (bicyclic) bond motifs is 4. The molecule has 184 valence electrons. The second-order valence-electron chi connectivity index (χ2n) is 10.7. The first-order chi connectivity index (χ1) is 16.8. The molecule has 0 unspecified atom stereocenters. The molecule has 0 amide bonds. The van der Waals surface area contributed by atoms with Gasteiger partial charge in [-0.3, -0.25) is 9.78 Å². The number of carboxylic acid groups (broad SMARTS) is 1. The summed E-state index contributed by atoms with van der Waals surface area (Å²) >= 11 is 0. The molecule has 1 aliphatic heterocycles. The van der Waals surface area contributed by atoms with E-state index >= 15 is 0 Å². The number of nitrogens with zero attached hydrogens (tertiary/aromatic N) is 4. The Labute approximate surface area is 207 Å². The third kappa shape index (κ3) is 5.09. The summed E-state index contributed by atoms with van der Waals surface area (Å²) in [6.45, 7) is 7.80. The highest BCUT2D eigenvalue weighted by molar-refractivity contribution is 6.90. The first-order valence-electron chi connectivity index (χ1n) is 12.6. The van der Waals surface area contributed by atoms with E-state index in [9.17, 15) is 4.79 Å². The molecule has 1 aliphatic carbocycles. The van der Waals surface area contributed by atoms with Gasteiger partial charge in [0.25, 0.3) is 0 Å². The first kappa shape index (κ1) is 23.9. The number of aliphatic carboxylic acids is 1. The number of carboxylic acids is 1. The molecule has 35 heavy (non-hydrogen) atoms. The predicted octanol–water partition coefficient (Wildman–Crippen LogP) is 4.97. The molecule has 1 fully saturated rings. The highest BCUT2D eigenvalue weighted by Gasteiger charge is 2.31. The van der Waals surface area contributed by atoms with Crippen LogP contribution in [0.3, 0.4) is 0 Å². The van der Waals surface area contributed by atoms with Crippen molar-refractivity contribution in [1.82, 2.24) is 19.7 Å². The Bertz CT molecular complexity index is 1210. The Morgan fingerprint density at radius 2 is 1.83 bits per heavy atom. The van der Waals surface area contributed by atoms with Crippen molar-refractivity contribution < 1.29 is 14.6 Å². The Morgan fingerprint density at radius 1 is 1.09 bits per heavy atom. The van der Waals surface area contributed by atoms with Crippen LogP contribution in [0.1, 0.15) is 49.4 Å². The smallest absolute Gasteiger partial charge is 0.303 e. The zero-order valence-corrected chi connectivity index (χ0v) is 21.8. The fourth-order valence-corrected chi connectivity index (χ4v) is 7.68. The van der Waals surface area contributed by atoms with Crippen molar-refractivity contribution in [3.05, 3.63) is 47.8 Å². The third-order valence-corrected chi connectivity index (χ3v) is 10.8. The highest BCUT2D eigenvalue weighted by Crippen LogP contribution is 2.37. The molecule has 0 spiro atoms. The van der Waals surface area contributed by atoms with Crippen LogP contribution in [0.25, 0.3) is 22.6 Å². The lowest BCUT2D eigenvalue weighted by Gasteiger charge is -2.28. The largest absolute Gasteiger partial charge is 0.481 e. The van der Waals surface area contributed by atoms with E-state index in [1.807, 2.05) is 11.6 Å². The van der Waals surface area contributed by atoms with Gasteiger partial charge in [0.2, 0.25) is 0 Å². The number of carbonyl (C=O) groups is 1. The summed E-state index contributed by atoms with van der Waals surface area (Å²) in [6, 6.07) is 14.1. The molecule has 3 heterocycles. The van der Waals surface area contributed by atoms with Gasteiger partial charge in [0.05, 0.1) is 5.69 Å². The van der Waals surface area contributed by atoms with Crippen LogP contribution in [0, 0.1) is 12.8 Å². The number of rotatable bonds is 4. The van der Waals surface area contributed by atoms with Crippen LogP contribution >= 0.6 is 0 Å². The molecule has 1 saturated carbocycles. The molecule has 8 heteroatoms. The summed E-state index contributed by atoms with van der Waals surface area (Å²) in [5.74, 6) is 1.75. The van der Waals surface area contributed by atoms with Gasteiger partial charge in [0, 0.05) is 29.5 Å². The van der Waals surface area contributed by atoms with Crippen molar-refractivity contribution in [2.75, 3.05) is 6.61 Å². The van der Waals surface area contributed by atoms with Crippen molar-refractivity contribution >= 4 is 19.4 Å². The molecule has 0 atom stereocenters. The molecular formula is C27H34N4O3Si. The van der Waals surface area contributed by atoms with E-state index in [0.717, 1.165) is 65.5 Å². The van der Waals surface area contributed by atoms with Gasteiger partial charge in [-0.2, -0.15) is 0 Å². The summed E-state index contributed by atoms with van der Waals surface area (Å²) < 4.78 is 7.71. The van der Waals surface area contributed by atoms with Crippen LogP contribution in [0.5, 0.6) is 0 Å². The van der Waals surface area contributed by atoms with Crippen LogP contribution < -0.4 is 5.32 Å². The molecule has 2 aliphatic rings. The average Bonchev–Trinajstić information content (AvgIpc) is 3.21. The summed E-state index contributed by atoms with van der Waals surface area (Å²) in [6.07, 6.45) is 4.43. The van der Waals surface area contributed by atoms with Gasteiger partial charge < -0.3 is 9.84 Å². The number of pyridine rings is 1. The number of aromatic nitrogens is 4. The van der Waals surface area contributed by atoms with Gasteiger partial charge in [-0.05, 0) is 68.2 Å². The van der Waals surface area contributed by atoms with E-state index in [2.05, 4.69) is 49.5 Å². The minimum atomic E-state index is -1.88. The number of aryl methyl sites for hydroxylation is 1. The molecule has 0 saturated heterocycles. The highest BCUT2D eigenvalue weighted by atomic mass is 28.3. The average molecular weight is 491 g/mol. The van der Waals surface area contributed by atoms with E-state index in [4.69, 9.17) is 24.9 Å². The van der Waals surface area contributed by atoms with E-state index < -0.39 is 14.0 Å². The first-order valence-corrected chi connectivity index (χ1v) is 15.8. The second kappa shape index (κ2) is 9.66. The lowest BCUT2D eigenvalue weighted by molar-refractivity contribution is -0.138. The fourth-order valence-electron chi connectivity index (χ4n) is 5.44. The van der Waals surface area contributed by atoms with Crippen LogP contribution in [-0.4, -0.2) is 45.5 Å². The van der Waals surface area contributed by atoms with Crippen molar-refractivity contribution in [3.8, 4) is 22.6 Å². The molecule has 3 aromatic rings. The van der Waals surface area contributed by atoms with Crippen LogP contribution in [0.15, 0.2) is 36.4 Å². The topological polar surface area (TPSA) is 90.1 Å². The van der Waals surface area contributed by atoms with Gasteiger partial charge in [-0.15, -0.1) is 5.10 Å². The molecule has 1 N–H and O–H groups in total. The van der Waals surface area contributed by atoms with Crippen LogP contribution in [0.4, 0.5) is 0 Å². The second-order valence-corrected chi connectivity index (χ2v) is 15.4. The Kier molecular flexibility index (Phi) is 6.59. The maximum Gasteiger partial charge on any atom is 0.303 e. The van der Waals surface area contributed by atoms with Crippen molar-refractivity contribution in [1.29, 1.82) is 0 Å². The minimum Gasteiger partial charge on any atom is -0.481 e. The molecule has 7 nitrogen and oxygen atoms in total. The summed E-state index contributed by atoms with van der Waals surface area (Å²) in [5, 5.41) is 14.9. The van der Waals surface area contributed by atoms with Crippen LogP contribution in [-0.2, 0) is 16.3 Å². The van der Waals surface area contributed by atoms with Gasteiger partial charge >= 0.3 is 5.97 Å². The molecule has 5 rings (SSSR count). The Morgan fingerprint density at radius 3 is 2.54 bits per heavy atom. The molecule has 2 aromatic heterocycles. The van der Waals surface area contributed by atoms with Crippen molar-refractivity contribution in [3.63, 3.8) is 0 Å². The predicted molar refractivity (Wildman–Crippen MR) is 138 cm³/mol. The quantitative estimate of drug-likeness (QED) is 0.520. The number of hydrogen-bond acceptors (Lipinski definition) is 5. The summed E-state index contributed by atoms with van der Waals surface area (Å²) in [5.41, 5.74) is 4.49. The van der Waals surface area contributed by atoms with E-state index in [0.29, 0.717) is 31.6 Å². The normalized spacial score (nSPS) is 21.8. The van der Waals surface area contributed by atoms with E-state index in [1.54, 1.807) is 0 Å².